The van der Waals surface area contributed by atoms with Crippen molar-refractivity contribution in [1.82, 2.24) is 0 Å². The Labute approximate surface area is 162 Å². The zero-order valence-electron chi connectivity index (χ0n) is 14.3. The molecule has 0 aliphatic rings. The van der Waals surface area contributed by atoms with Crippen molar-refractivity contribution in [2.24, 2.45) is 5.16 Å². The van der Waals surface area contributed by atoms with Crippen LogP contribution in [-0.4, -0.2) is 18.7 Å². The first-order chi connectivity index (χ1) is 13.2. The molecule has 0 heterocycles. The Morgan fingerprint density at radius 3 is 2.44 bits per heavy atom. The molecule has 1 amide bonds. The van der Waals surface area contributed by atoms with Gasteiger partial charge in [0.2, 0.25) is 0 Å². The van der Waals surface area contributed by atoms with E-state index in [0.717, 1.165) is 5.56 Å². The number of benzene rings is 3. The molecule has 0 unspecified atom stereocenters. The lowest BCUT2D eigenvalue weighted by molar-refractivity contribution is -0.120. The summed E-state index contributed by atoms with van der Waals surface area (Å²) in [5, 5.41) is 7.18. The molecule has 27 heavy (non-hydrogen) atoms. The number of nitrogens with zero attached hydrogens (tertiary/aromatic N) is 1. The summed E-state index contributed by atoms with van der Waals surface area (Å²) in [7, 11) is 0. The molecular formula is C21H17ClN2O3. The molecule has 0 aliphatic heterocycles. The van der Waals surface area contributed by atoms with Crippen molar-refractivity contribution in [3.63, 3.8) is 0 Å². The molecule has 0 radical (unpaired) electrons. The molecule has 1 N–H and O–H groups in total. The van der Waals surface area contributed by atoms with Gasteiger partial charge < -0.3 is 14.9 Å². The smallest absolute Gasteiger partial charge is 0.265 e. The Balaban J connectivity index is 1.54. The highest BCUT2D eigenvalue weighted by Gasteiger charge is 2.08. The van der Waals surface area contributed by atoms with Gasteiger partial charge in [-0.25, -0.2) is 0 Å². The molecule has 0 saturated carbocycles. The summed E-state index contributed by atoms with van der Waals surface area (Å²) in [5.41, 5.74) is 1.37. The van der Waals surface area contributed by atoms with Gasteiger partial charge in [-0.05, 0) is 42.0 Å². The molecule has 0 fully saturated rings. The van der Waals surface area contributed by atoms with Crippen LogP contribution in [0.1, 0.15) is 5.56 Å². The lowest BCUT2D eigenvalue weighted by atomic mass is 10.2. The molecule has 6 heteroatoms. The number of carbonyl (C=O) groups excluding carboxylic acids is 1. The Hall–Kier alpha value is -3.31. The van der Waals surface area contributed by atoms with Crippen molar-refractivity contribution in [3.05, 3.63) is 89.4 Å². The molecular weight excluding hydrogens is 364 g/mol. The number of rotatable bonds is 7. The first-order valence-corrected chi connectivity index (χ1v) is 8.61. The van der Waals surface area contributed by atoms with Crippen LogP contribution in [0.25, 0.3) is 0 Å². The quantitative estimate of drug-likeness (QED) is 0.457. The average Bonchev–Trinajstić information content (AvgIpc) is 2.69. The third-order valence-electron chi connectivity index (χ3n) is 3.47. The number of oxime groups is 1. The highest BCUT2D eigenvalue weighted by molar-refractivity contribution is 6.30. The standard InChI is InChI=1S/C21H17ClN2O3/c22-17-12-10-16(11-13-17)14-23-26-15-21(25)24-19-8-4-5-9-20(19)27-18-6-2-1-3-7-18/h1-14H,15H2,(H,24,25)/b23-14-. The zero-order chi connectivity index (χ0) is 18.9. The molecule has 136 valence electrons. The normalized spacial score (nSPS) is 10.6. The van der Waals surface area contributed by atoms with Crippen molar-refractivity contribution in [2.45, 2.75) is 0 Å². The number of carbonyl (C=O) groups is 1. The molecule has 0 aromatic heterocycles. The lowest BCUT2D eigenvalue weighted by Gasteiger charge is -2.11. The monoisotopic (exact) mass is 380 g/mol. The number of para-hydroxylation sites is 3. The number of nitrogens with one attached hydrogen (secondary N) is 1. The molecule has 3 aromatic rings. The van der Waals surface area contributed by atoms with E-state index in [1.54, 1.807) is 36.4 Å². The van der Waals surface area contributed by atoms with E-state index in [1.807, 2.05) is 42.5 Å². The van der Waals surface area contributed by atoms with Crippen LogP contribution in [0, 0.1) is 0 Å². The summed E-state index contributed by atoms with van der Waals surface area (Å²) in [5.74, 6) is 0.886. The van der Waals surface area contributed by atoms with Crippen LogP contribution < -0.4 is 10.1 Å². The minimum atomic E-state index is -0.340. The van der Waals surface area contributed by atoms with Gasteiger partial charge in [0, 0.05) is 5.02 Å². The average molecular weight is 381 g/mol. The second-order valence-electron chi connectivity index (χ2n) is 5.52. The van der Waals surface area contributed by atoms with E-state index in [1.165, 1.54) is 6.21 Å². The molecule has 0 spiro atoms. The van der Waals surface area contributed by atoms with Crippen LogP contribution in [0.5, 0.6) is 11.5 Å². The summed E-state index contributed by atoms with van der Waals surface area (Å²) in [4.78, 5) is 17.1. The Morgan fingerprint density at radius 1 is 0.963 bits per heavy atom. The number of hydrogen-bond acceptors (Lipinski definition) is 4. The van der Waals surface area contributed by atoms with E-state index >= 15 is 0 Å². The number of hydrogen-bond donors (Lipinski definition) is 1. The van der Waals surface area contributed by atoms with E-state index in [9.17, 15) is 4.79 Å². The first kappa shape index (κ1) is 18.5. The number of ether oxygens (including phenoxy) is 1. The molecule has 5 nitrogen and oxygen atoms in total. The van der Waals surface area contributed by atoms with Crippen molar-refractivity contribution >= 4 is 29.4 Å². The van der Waals surface area contributed by atoms with Gasteiger partial charge in [0.25, 0.3) is 5.91 Å². The SMILES string of the molecule is O=C(CO/N=C\c1ccc(Cl)cc1)Nc1ccccc1Oc1ccccc1. The highest BCUT2D eigenvalue weighted by atomic mass is 35.5. The maximum absolute atomic E-state index is 12.1. The predicted octanol–water partition coefficient (Wildman–Crippen LogP) is 5.12. The molecule has 3 aromatic carbocycles. The Kier molecular flexibility index (Phi) is 6.44. The van der Waals surface area contributed by atoms with Gasteiger partial charge in [0.05, 0.1) is 11.9 Å². The van der Waals surface area contributed by atoms with Crippen LogP contribution in [0.2, 0.25) is 5.02 Å². The van der Waals surface area contributed by atoms with Crippen molar-refractivity contribution in [2.75, 3.05) is 11.9 Å². The van der Waals surface area contributed by atoms with Gasteiger partial charge in [-0.1, -0.05) is 59.2 Å². The topological polar surface area (TPSA) is 59.9 Å². The van der Waals surface area contributed by atoms with E-state index < -0.39 is 0 Å². The maximum atomic E-state index is 12.1. The summed E-state index contributed by atoms with van der Waals surface area (Å²) < 4.78 is 5.81. The lowest BCUT2D eigenvalue weighted by Crippen LogP contribution is -2.17. The van der Waals surface area contributed by atoms with Crippen molar-refractivity contribution < 1.29 is 14.4 Å². The minimum Gasteiger partial charge on any atom is -0.455 e. The fraction of sp³-hybridized carbons (Fsp3) is 0.0476. The molecule has 0 aliphatic carbocycles. The number of anilines is 1. The fourth-order valence-corrected chi connectivity index (χ4v) is 2.33. The third-order valence-corrected chi connectivity index (χ3v) is 3.73. The van der Waals surface area contributed by atoms with Crippen LogP contribution in [0.15, 0.2) is 84.0 Å². The highest BCUT2D eigenvalue weighted by Crippen LogP contribution is 2.28. The molecule has 0 saturated heterocycles. The van der Waals surface area contributed by atoms with Gasteiger partial charge in [-0.15, -0.1) is 0 Å². The number of amides is 1. The minimum absolute atomic E-state index is 0.218. The second-order valence-corrected chi connectivity index (χ2v) is 5.96. The first-order valence-electron chi connectivity index (χ1n) is 8.23. The van der Waals surface area contributed by atoms with Crippen LogP contribution >= 0.6 is 11.6 Å². The Morgan fingerprint density at radius 2 is 1.67 bits per heavy atom. The van der Waals surface area contributed by atoms with Gasteiger partial charge in [0.1, 0.15) is 5.75 Å². The van der Waals surface area contributed by atoms with E-state index in [0.29, 0.717) is 22.2 Å². The molecule has 3 rings (SSSR count). The van der Waals surface area contributed by atoms with Crippen LogP contribution in [0.3, 0.4) is 0 Å². The van der Waals surface area contributed by atoms with E-state index in [-0.39, 0.29) is 12.5 Å². The van der Waals surface area contributed by atoms with Gasteiger partial charge >= 0.3 is 0 Å². The van der Waals surface area contributed by atoms with Crippen LogP contribution in [-0.2, 0) is 9.63 Å². The van der Waals surface area contributed by atoms with Crippen molar-refractivity contribution in [3.8, 4) is 11.5 Å². The van der Waals surface area contributed by atoms with Gasteiger partial charge in [-0.3, -0.25) is 4.79 Å². The van der Waals surface area contributed by atoms with E-state index in [2.05, 4.69) is 10.5 Å². The molecule has 0 atom stereocenters. The Bertz CT molecular complexity index is 912. The summed E-state index contributed by atoms with van der Waals surface area (Å²) in [6.45, 7) is -0.218. The maximum Gasteiger partial charge on any atom is 0.265 e. The van der Waals surface area contributed by atoms with Crippen molar-refractivity contribution in [1.29, 1.82) is 0 Å². The summed E-state index contributed by atoms with van der Waals surface area (Å²) in [6.07, 6.45) is 1.51. The predicted molar refractivity (Wildman–Crippen MR) is 107 cm³/mol. The largest absolute Gasteiger partial charge is 0.455 e. The summed E-state index contributed by atoms with van der Waals surface area (Å²) in [6, 6.07) is 23.6. The summed E-state index contributed by atoms with van der Waals surface area (Å²) >= 11 is 5.82. The second kappa shape index (κ2) is 9.40. The van der Waals surface area contributed by atoms with Gasteiger partial charge in [-0.2, -0.15) is 0 Å². The zero-order valence-corrected chi connectivity index (χ0v) is 15.1. The third kappa shape index (κ3) is 5.87. The van der Waals surface area contributed by atoms with E-state index in [4.69, 9.17) is 21.2 Å². The number of halogens is 1. The fourth-order valence-electron chi connectivity index (χ4n) is 2.20. The van der Waals surface area contributed by atoms with Gasteiger partial charge in [0.15, 0.2) is 12.4 Å². The molecule has 0 bridgehead atoms. The van der Waals surface area contributed by atoms with Crippen LogP contribution in [0.4, 0.5) is 5.69 Å².